The molecule has 0 fully saturated rings. The lowest BCUT2D eigenvalue weighted by atomic mass is 10.1. The molecule has 1 aromatic carbocycles. The molecule has 2 rings (SSSR count). The number of benzene rings is 1. The van der Waals surface area contributed by atoms with Crippen LogP contribution in [0.15, 0.2) is 47.4 Å². The molecule has 3 nitrogen and oxygen atoms in total. The number of nitriles is 1. The van der Waals surface area contributed by atoms with Crippen LogP contribution in [-0.2, 0) is 6.54 Å². The average Bonchev–Trinajstić information content (AvgIpc) is 2.41. The minimum Gasteiger partial charge on any atom is -0.302 e. The summed E-state index contributed by atoms with van der Waals surface area (Å²) in [6.07, 6.45) is 5.14. The lowest BCUT2D eigenvalue weighted by Gasteiger charge is -1.99. The van der Waals surface area contributed by atoms with Gasteiger partial charge in [-0.1, -0.05) is 24.3 Å². The van der Waals surface area contributed by atoms with Crippen molar-refractivity contribution in [3.8, 4) is 6.07 Å². The highest BCUT2D eigenvalue weighted by Crippen LogP contribution is 2.08. The summed E-state index contributed by atoms with van der Waals surface area (Å²) in [5.74, 6) is -0.281. The zero-order chi connectivity index (χ0) is 13.7. The highest BCUT2D eigenvalue weighted by molar-refractivity contribution is 5.69. The van der Waals surface area contributed by atoms with Crippen molar-refractivity contribution in [2.45, 2.75) is 6.54 Å². The number of hydrogen-bond acceptors (Lipinski definition) is 2. The fraction of sp³-hybridized carbons (Fsp3) is 0.0667. The Morgan fingerprint density at radius 1 is 1.16 bits per heavy atom. The van der Waals surface area contributed by atoms with Crippen LogP contribution in [0, 0.1) is 17.1 Å². The molecular formula is C15H11FN2O. The molecule has 0 N–H and O–H groups in total. The van der Waals surface area contributed by atoms with Crippen LogP contribution in [0.2, 0.25) is 0 Å². The monoisotopic (exact) mass is 254 g/mol. The Labute approximate surface area is 109 Å². The largest absolute Gasteiger partial charge is 0.302 e. The fourth-order valence-corrected chi connectivity index (χ4v) is 1.60. The molecule has 0 unspecified atom stereocenters. The van der Waals surface area contributed by atoms with Gasteiger partial charge >= 0.3 is 0 Å². The van der Waals surface area contributed by atoms with Gasteiger partial charge in [-0.2, -0.15) is 5.26 Å². The van der Waals surface area contributed by atoms with Crippen molar-refractivity contribution < 1.29 is 4.39 Å². The van der Waals surface area contributed by atoms with Crippen molar-refractivity contribution in [2.75, 3.05) is 0 Å². The van der Waals surface area contributed by atoms with E-state index in [1.807, 2.05) is 6.07 Å². The molecule has 0 atom stereocenters. The molecule has 0 spiro atoms. The second-order valence-corrected chi connectivity index (χ2v) is 3.97. The summed E-state index contributed by atoms with van der Waals surface area (Å²) in [6.45, 7) is 0.0425. The standard InChI is InChI=1S/C15H11FN2O/c16-14-5-3-12(4-6-14)1-2-13-7-9-18(10-8-17)15(19)11-13/h1-7,9,11H,10H2/b2-1+. The third-order valence-corrected chi connectivity index (χ3v) is 2.60. The van der Waals surface area contributed by atoms with Crippen molar-refractivity contribution >= 4 is 12.2 Å². The summed E-state index contributed by atoms with van der Waals surface area (Å²) >= 11 is 0. The number of hydrogen-bond donors (Lipinski definition) is 0. The predicted molar refractivity (Wildman–Crippen MR) is 71.6 cm³/mol. The second kappa shape index (κ2) is 5.78. The SMILES string of the molecule is N#CCn1ccc(/C=C/c2ccc(F)cc2)cc1=O. The number of nitrogens with zero attached hydrogens (tertiary/aromatic N) is 2. The number of halogens is 1. The Balaban J connectivity index is 2.20. The average molecular weight is 254 g/mol. The lowest BCUT2D eigenvalue weighted by Crippen LogP contribution is -2.17. The van der Waals surface area contributed by atoms with Gasteiger partial charge in [0.15, 0.2) is 0 Å². The van der Waals surface area contributed by atoms with Crippen LogP contribution in [0.25, 0.3) is 12.2 Å². The van der Waals surface area contributed by atoms with Gasteiger partial charge < -0.3 is 4.57 Å². The van der Waals surface area contributed by atoms with Gasteiger partial charge in [-0.25, -0.2) is 4.39 Å². The first-order valence-electron chi connectivity index (χ1n) is 5.70. The van der Waals surface area contributed by atoms with E-state index in [-0.39, 0.29) is 17.9 Å². The van der Waals surface area contributed by atoms with Gasteiger partial charge in [0.2, 0.25) is 0 Å². The molecule has 0 bridgehead atoms. The van der Waals surface area contributed by atoms with E-state index in [0.717, 1.165) is 11.1 Å². The summed E-state index contributed by atoms with van der Waals surface area (Å²) in [4.78, 5) is 11.6. The summed E-state index contributed by atoms with van der Waals surface area (Å²) in [6, 6.07) is 11.2. The van der Waals surface area contributed by atoms with Gasteiger partial charge in [-0.3, -0.25) is 4.79 Å². The first-order chi connectivity index (χ1) is 9.19. The van der Waals surface area contributed by atoms with Crippen molar-refractivity contribution in [1.82, 2.24) is 4.57 Å². The molecule has 4 heteroatoms. The van der Waals surface area contributed by atoms with Crippen LogP contribution in [-0.4, -0.2) is 4.57 Å². The Hall–Kier alpha value is -2.67. The number of rotatable bonds is 3. The first-order valence-corrected chi connectivity index (χ1v) is 5.70. The van der Waals surface area contributed by atoms with Crippen molar-refractivity contribution in [3.63, 3.8) is 0 Å². The molecule has 0 radical (unpaired) electrons. The molecule has 0 saturated carbocycles. The summed E-state index contributed by atoms with van der Waals surface area (Å²) in [5.41, 5.74) is 1.37. The quantitative estimate of drug-likeness (QED) is 0.845. The molecule has 1 heterocycles. The van der Waals surface area contributed by atoms with Crippen molar-refractivity contribution in [1.29, 1.82) is 5.26 Å². The summed E-state index contributed by atoms with van der Waals surface area (Å²) < 4.78 is 14.1. The van der Waals surface area contributed by atoms with E-state index in [1.165, 1.54) is 22.8 Å². The summed E-state index contributed by atoms with van der Waals surface area (Å²) in [5, 5.41) is 8.53. The maximum Gasteiger partial charge on any atom is 0.252 e. The molecule has 0 aliphatic carbocycles. The van der Waals surface area contributed by atoms with Crippen molar-refractivity contribution in [2.24, 2.45) is 0 Å². The maximum absolute atomic E-state index is 12.7. The Morgan fingerprint density at radius 2 is 1.84 bits per heavy atom. The Kier molecular flexibility index (Phi) is 3.89. The van der Waals surface area contributed by atoms with Gasteiger partial charge in [0.05, 0.1) is 6.07 Å². The first kappa shape index (κ1) is 12.8. The fourth-order valence-electron chi connectivity index (χ4n) is 1.60. The van der Waals surface area contributed by atoms with Crippen LogP contribution in [0.3, 0.4) is 0 Å². The molecular weight excluding hydrogens is 243 g/mol. The van der Waals surface area contributed by atoms with E-state index in [4.69, 9.17) is 5.26 Å². The lowest BCUT2D eigenvalue weighted by molar-refractivity contribution is 0.628. The van der Waals surface area contributed by atoms with E-state index in [0.29, 0.717) is 0 Å². The van der Waals surface area contributed by atoms with Crippen LogP contribution in [0.5, 0.6) is 0 Å². The van der Waals surface area contributed by atoms with Gasteiger partial charge in [0.1, 0.15) is 12.4 Å². The van der Waals surface area contributed by atoms with E-state index in [2.05, 4.69) is 0 Å². The van der Waals surface area contributed by atoms with Gasteiger partial charge in [-0.05, 0) is 29.3 Å². The van der Waals surface area contributed by atoms with E-state index in [1.54, 1.807) is 36.5 Å². The molecule has 0 aliphatic heterocycles. The molecule has 2 aromatic rings. The van der Waals surface area contributed by atoms with Gasteiger partial charge in [-0.15, -0.1) is 0 Å². The van der Waals surface area contributed by atoms with E-state index < -0.39 is 0 Å². The minimum atomic E-state index is -0.281. The highest BCUT2D eigenvalue weighted by Gasteiger charge is 1.95. The Morgan fingerprint density at radius 3 is 2.47 bits per heavy atom. The smallest absolute Gasteiger partial charge is 0.252 e. The predicted octanol–water partition coefficient (Wildman–Crippen LogP) is 2.68. The highest BCUT2D eigenvalue weighted by atomic mass is 19.1. The topological polar surface area (TPSA) is 45.8 Å². The molecule has 1 aromatic heterocycles. The van der Waals surface area contributed by atoms with E-state index in [9.17, 15) is 9.18 Å². The third kappa shape index (κ3) is 3.39. The molecule has 0 amide bonds. The van der Waals surface area contributed by atoms with Crippen LogP contribution >= 0.6 is 0 Å². The molecule has 19 heavy (non-hydrogen) atoms. The third-order valence-electron chi connectivity index (χ3n) is 2.60. The zero-order valence-electron chi connectivity index (χ0n) is 10.1. The number of pyridine rings is 1. The maximum atomic E-state index is 12.7. The van der Waals surface area contributed by atoms with Crippen molar-refractivity contribution in [3.05, 3.63) is 69.9 Å². The molecule has 94 valence electrons. The Bertz CT molecular complexity index is 693. The molecule has 0 saturated heterocycles. The van der Waals surface area contributed by atoms with Gasteiger partial charge in [0.25, 0.3) is 5.56 Å². The van der Waals surface area contributed by atoms with E-state index >= 15 is 0 Å². The van der Waals surface area contributed by atoms with Crippen LogP contribution in [0.4, 0.5) is 4.39 Å². The van der Waals surface area contributed by atoms with Crippen LogP contribution in [0.1, 0.15) is 11.1 Å². The zero-order valence-corrected chi connectivity index (χ0v) is 10.1. The minimum absolute atomic E-state index is 0.0425. The van der Waals surface area contributed by atoms with Gasteiger partial charge in [0, 0.05) is 12.3 Å². The molecule has 0 aliphatic rings. The number of aromatic nitrogens is 1. The summed E-state index contributed by atoms with van der Waals surface area (Å²) in [7, 11) is 0. The normalized spacial score (nSPS) is 10.5. The second-order valence-electron chi connectivity index (χ2n) is 3.97. The van der Waals surface area contributed by atoms with Crippen LogP contribution < -0.4 is 5.56 Å².